The molecule has 0 aliphatic carbocycles. The molecule has 1 aromatic heterocycles. The van der Waals surface area contributed by atoms with Crippen LogP contribution in [-0.4, -0.2) is 30.9 Å². The second kappa shape index (κ2) is 3.77. The molecule has 0 bridgehead atoms. The van der Waals surface area contributed by atoms with E-state index in [4.69, 9.17) is 0 Å². The van der Waals surface area contributed by atoms with Gasteiger partial charge in [0.05, 0.1) is 17.2 Å². The van der Waals surface area contributed by atoms with Crippen molar-refractivity contribution in [1.29, 1.82) is 0 Å². The van der Waals surface area contributed by atoms with Crippen LogP contribution in [0.15, 0.2) is 6.07 Å². The summed E-state index contributed by atoms with van der Waals surface area (Å²) in [5.74, 6) is 0.930. The van der Waals surface area contributed by atoms with Gasteiger partial charge in [0.15, 0.2) is 9.84 Å². The Morgan fingerprint density at radius 1 is 1.47 bits per heavy atom. The topological polar surface area (TPSA) is 72.0 Å². The first-order chi connectivity index (χ1) is 7.11. The van der Waals surface area contributed by atoms with Crippen molar-refractivity contribution >= 4 is 15.7 Å². The Kier molecular flexibility index (Phi) is 2.60. The summed E-state index contributed by atoms with van der Waals surface area (Å²) in [7, 11) is -2.92. The van der Waals surface area contributed by atoms with Crippen LogP contribution < -0.4 is 5.32 Å². The molecular formula is C9H13N3O2S. The first-order valence-electron chi connectivity index (χ1n) is 4.90. The maximum Gasteiger partial charge on any atom is 0.154 e. The predicted molar refractivity (Wildman–Crippen MR) is 57.4 cm³/mol. The van der Waals surface area contributed by atoms with Crippen LogP contribution in [0.5, 0.6) is 0 Å². The number of aromatic nitrogens is 2. The van der Waals surface area contributed by atoms with E-state index in [-0.39, 0.29) is 11.5 Å². The van der Waals surface area contributed by atoms with Gasteiger partial charge < -0.3 is 5.32 Å². The van der Waals surface area contributed by atoms with Crippen molar-refractivity contribution in [2.45, 2.75) is 19.1 Å². The number of anilines is 1. The number of sulfone groups is 1. The van der Waals surface area contributed by atoms with Crippen molar-refractivity contribution < 1.29 is 8.42 Å². The smallest absolute Gasteiger partial charge is 0.154 e. The van der Waals surface area contributed by atoms with Gasteiger partial charge in [-0.05, 0) is 18.6 Å². The Balaban J connectivity index is 2.35. The highest BCUT2D eigenvalue weighted by Crippen LogP contribution is 2.20. The second-order valence-corrected chi connectivity index (χ2v) is 5.76. The van der Waals surface area contributed by atoms with Gasteiger partial charge in [-0.1, -0.05) is 0 Å². The zero-order valence-electron chi connectivity index (χ0n) is 8.52. The standard InChI is InChI=1S/C9H13N3O2S/c1-2-10-9-5-7-6-15(13,14)4-3-8(7)11-12-9/h5H,2-4,6H2,1H3,(H,10,12). The average molecular weight is 227 g/mol. The summed E-state index contributed by atoms with van der Waals surface area (Å²) >= 11 is 0. The van der Waals surface area contributed by atoms with Gasteiger partial charge in [-0.15, -0.1) is 5.10 Å². The van der Waals surface area contributed by atoms with E-state index in [0.717, 1.165) is 17.8 Å². The van der Waals surface area contributed by atoms with Crippen LogP contribution >= 0.6 is 0 Å². The van der Waals surface area contributed by atoms with Gasteiger partial charge in [0, 0.05) is 13.0 Å². The highest BCUT2D eigenvalue weighted by molar-refractivity contribution is 7.90. The molecule has 82 valence electrons. The molecule has 0 spiro atoms. The van der Waals surface area contributed by atoms with Crippen molar-refractivity contribution in [3.63, 3.8) is 0 Å². The third kappa shape index (κ3) is 2.26. The van der Waals surface area contributed by atoms with Gasteiger partial charge >= 0.3 is 0 Å². The lowest BCUT2D eigenvalue weighted by atomic mass is 10.2. The molecule has 0 saturated carbocycles. The average Bonchev–Trinajstić information content (AvgIpc) is 2.16. The van der Waals surface area contributed by atoms with E-state index in [1.807, 2.05) is 6.92 Å². The first-order valence-corrected chi connectivity index (χ1v) is 6.72. The van der Waals surface area contributed by atoms with Crippen LogP contribution in [0.4, 0.5) is 5.82 Å². The van der Waals surface area contributed by atoms with Gasteiger partial charge in [-0.3, -0.25) is 0 Å². The number of nitrogens with zero attached hydrogens (tertiary/aromatic N) is 2. The van der Waals surface area contributed by atoms with E-state index < -0.39 is 9.84 Å². The number of aryl methyl sites for hydroxylation is 1. The number of hydrogen-bond donors (Lipinski definition) is 1. The Morgan fingerprint density at radius 2 is 2.27 bits per heavy atom. The van der Waals surface area contributed by atoms with Crippen molar-refractivity contribution in [3.8, 4) is 0 Å². The highest BCUT2D eigenvalue weighted by atomic mass is 32.2. The largest absolute Gasteiger partial charge is 0.369 e. The van der Waals surface area contributed by atoms with Crippen molar-refractivity contribution in [2.75, 3.05) is 17.6 Å². The maximum absolute atomic E-state index is 11.4. The minimum absolute atomic E-state index is 0.0935. The molecule has 1 aromatic rings. The lowest BCUT2D eigenvalue weighted by Gasteiger charge is -2.15. The SMILES string of the molecule is CCNc1cc2c(nn1)CCS(=O)(=O)C2. The van der Waals surface area contributed by atoms with Crippen LogP contribution in [0, 0.1) is 0 Å². The Bertz CT molecular complexity index is 470. The molecule has 0 aromatic carbocycles. The van der Waals surface area contributed by atoms with Gasteiger partial charge in [0.2, 0.25) is 0 Å². The quantitative estimate of drug-likeness (QED) is 0.790. The van der Waals surface area contributed by atoms with E-state index in [0.29, 0.717) is 12.2 Å². The second-order valence-electron chi connectivity index (χ2n) is 3.57. The highest BCUT2D eigenvalue weighted by Gasteiger charge is 2.22. The van der Waals surface area contributed by atoms with Crippen LogP contribution in [0.3, 0.4) is 0 Å². The number of fused-ring (bicyclic) bond motifs is 1. The van der Waals surface area contributed by atoms with Crippen molar-refractivity contribution in [2.24, 2.45) is 0 Å². The summed E-state index contributed by atoms with van der Waals surface area (Å²) in [5, 5.41) is 11.0. The minimum Gasteiger partial charge on any atom is -0.369 e. The summed E-state index contributed by atoms with van der Waals surface area (Å²) in [6, 6.07) is 1.78. The molecule has 1 aliphatic rings. The minimum atomic E-state index is -2.92. The molecule has 0 radical (unpaired) electrons. The molecule has 0 amide bonds. The van der Waals surface area contributed by atoms with E-state index in [2.05, 4.69) is 15.5 Å². The molecule has 15 heavy (non-hydrogen) atoms. The van der Waals surface area contributed by atoms with Gasteiger partial charge in [-0.2, -0.15) is 5.10 Å². The Labute approximate surface area is 88.8 Å². The molecule has 2 rings (SSSR count). The molecular weight excluding hydrogens is 214 g/mol. The zero-order chi connectivity index (χ0) is 10.9. The lowest BCUT2D eigenvalue weighted by Crippen LogP contribution is -2.21. The lowest BCUT2D eigenvalue weighted by molar-refractivity contribution is 0.590. The fourth-order valence-corrected chi connectivity index (χ4v) is 2.99. The Morgan fingerprint density at radius 3 is 3.00 bits per heavy atom. The van der Waals surface area contributed by atoms with Crippen molar-refractivity contribution in [1.82, 2.24) is 10.2 Å². The number of rotatable bonds is 2. The summed E-state index contributed by atoms with van der Waals surface area (Å²) in [6.45, 7) is 2.71. The van der Waals surface area contributed by atoms with Crippen molar-refractivity contribution in [3.05, 3.63) is 17.3 Å². The van der Waals surface area contributed by atoms with Gasteiger partial charge in [-0.25, -0.2) is 8.42 Å². The molecule has 1 N–H and O–H groups in total. The molecule has 0 saturated heterocycles. The Hall–Kier alpha value is -1.17. The fourth-order valence-electron chi connectivity index (χ4n) is 1.62. The zero-order valence-corrected chi connectivity index (χ0v) is 9.34. The normalized spacial score (nSPS) is 18.2. The third-order valence-electron chi connectivity index (χ3n) is 2.34. The predicted octanol–water partition coefficient (Wildman–Crippen LogP) is 0.379. The summed E-state index contributed by atoms with van der Waals surface area (Å²) in [6.07, 6.45) is 0.483. The molecule has 0 atom stereocenters. The van der Waals surface area contributed by atoms with E-state index in [9.17, 15) is 8.42 Å². The van der Waals surface area contributed by atoms with Crippen LogP contribution in [-0.2, 0) is 22.0 Å². The molecule has 5 nitrogen and oxygen atoms in total. The molecule has 0 unspecified atom stereocenters. The maximum atomic E-state index is 11.4. The van der Waals surface area contributed by atoms with Crippen LogP contribution in [0.25, 0.3) is 0 Å². The monoisotopic (exact) mass is 227 g/mol. The van der Waals surface area contributed by atoms with E-state index in [1.54, 1.807) is 6.07 Å². The van der Waals surface area contributed by atoms with Crippen LogP contribution in [0.1, 0.15) is 18.2 Å². The molecule has 6 heteroatoms. The summed E-state index contributed by atoms with van der Waals surface area (Å²) < 4.78 is 22.8. The summed E-state index contributed by atoms with van der Waals surface area (Å²) in [4.78, 5) is 0. The third-order valence-corrected chi connectivity index (χ3v) is 3.92. The van der Waals surface area contributed by atoms with E-state index >= 15 is 0 Å². The van der Waals surface area contributed by atoms with Gasteiger partial charge in [0.1, 0.15) is 5.82 Å². The molecule has 0 fully saturated rings. The van der Waals surface area contributed by atoms with E-state index in [1.165, 1.54) is 0 Å². The summed E-state index contributed by atoms with van der Waals surface area (Å²) in [5.41, 5.74) is 1.60. The fraction of sp³-hybridized carbons (Fsp3) is 0.556. The van der Waals surface area contributed by atoms with Crippen LogP contribution in [0.2, 0.25) is 0 Å². The van der Waals surface area contributed by atoms with Gasteiger partial charge in [0.25, 0.3) is 0 Å². The number of hydrogen-bond acceptors (Lipinski definition) is 5. The first kappa shape index (κ1) is 10.4. The molecule has 2 heterocycles. The number of nitrogens with one attached hydrogen (secondary N) is 1. The molecule has 1 aliphatic heterocycles.